The summed E-state index contributed by atoms with van der Waals surface area (Å²) in [6.07, 6.45) is 1.04. The molecule has 0 aliphatic rings. The molecule has 1 aromatic rings. The average Bonchev–Trinajstić information content (AvgIpc) is 2.38. The number of rotatable bonds is 9. The largest absolute Gasteiger partial charge is 0.380 e. The average molecular weight is 301 g/mol. The molecule has 112 valence electrons. The molecule has 5 nitrogen and oxygen atoms in total. The fourth-order valence-corrected chi connectivity index (χ4v) is 1.91. The zero-order valence-electron chi connectivity index (χ0n) is 11.9. The quantitative estimate of drug-likeness (QED) is 0.431. The first-order valence-corrected chi connectivity index (χ1v) is 7.10. The van der Waals surface area contributed by atoms with Gasteiger partial charge in [0.1, 0.15) is 0 Å². The number of hydrogen-bond donors (Lipinski definition) is 1. The zero-order valence-corrected chi connectivity index (χ0v) is 12.7. The molecule has 0 bridgehead atoms. The summed E-state index contributed by atoms with van der Waals surface area (Å²) in [6, 6.07) is 4.70. The van der Waals surface area contributed by atoms with Crippen LogP contribution < -0.4 is 5.32 Å². The summed E-state index contributed by atoms with van der Waals surface area (Å²) < 4.78 is 5.46. The van der Waals surface area contributed by atoms with E-state index in [0.717, 1.165) is 13.0 Å². The van der Waals surface area contributed by atoms with Gasteiger partial charge in [-0.3, -0.25) is 10.1 Å². The molecule has 6 heteroatoms. The van der Waals surface area contributed by atoms with Gasteiger partial charge < -0.3 is 10.1 Å². The fourth-order valence-electron chi connectivity index (χ4n) is 1.67. The van der Waals surface area contributed by atoms with Crippen LogP contribution in [-0.2, 0) is 11.3 Å². The van der Waals surface area contributed by atoms with Gasteiger partial charge in [-0.2, -0.15) is 0 Å². The van der Waals surface area contributed by atoms with Crippen molar-refractivity contribution in [1.29, 1.82) is 0 Å². The van der Waals surface area contributed by atoms with E-state index >= 15 is 0 Å². The molecular weight excluding hydrogens is 280 g/mol. The Morgan fingerprint density at radius 3 is 2.80 bits per heavy atom. The molecule has 20 heavy (non-hydrogen) atoms. The van der Waals surface area contributed by atoms with Crippen molar-refractivity contribution in [3.8, 4) is 0 Å². The lowest BCUT2D eigenvalue weighted by atomic mass is 10.1. The lowest BCUT2D eigenvalue weighted by Crippen LogP contribution is -2.20. The highest BCUT2D eigenvalue weighted by Gasteiger charge is 2.15. The molecule has 0 radical (unpaired) electrons. The number of nitrogens with one attached hydrogen (secondary N) is 1. The molecule has 0 atom stereocenters. The van der Waals surface area contributed by atoms with Gasteiger partial charge in [-0.15, -0.1) is 0 Å². The van der Waals surface area contributed by atoms with Crippen molar-refractivity contribution in [3.05, 3.63) is 38.9 Å². The maximum Gasteiger partial charge on any atom is 0.275 e. The van der Waals surface area contributed by atoms with Crippen molar-refractivity contribution in [2.24, 2.45) is 5.92 Å². The number of nitrogens with zero attached hydrogens (tertiary/aromatic N) is 1. The van der Waals surface area contributed by atoms with Crippen molar-refractivity contribution in [2.45, 2.75) is 26.8 Å². The van der Waals surface area contributed by atoms with E-state index in [4.69, 9.17) is 16.3 Å². The van der Waals surface area contributed by atoms with Crippen LogP contribution in [0.2, 0.25) is 5.02 Å². The van der Waals surface area contributed by atoms with Crippen LogP contribution in [-0.4, -0.2) is 24.7 Å². The molecule has 0 saturated carbocycles. The number of ether oxygens (including phenoxy) is 1. The van der Waals surface area contributed by atoms with Gasteiger partial charge in [0, 0.05) is 25.8 Å². The van der Waals surface area contributed by atoms with E-state index in [0.29, 0.717) is 36.2 Å². The third kappa shape index (κ3) is 5.86. The third-order valence-corrected chi connectivity index (χ3v) is 3.21. The minimum Gasteiger partial charge on any atom is -0.380 e. The smallest absolute Gasteiger partial charge is 0.275 e. The van der Waals surface area contributed by atoms with Gasteiger partial charge in [-0.25, -0.2) is 0 Å². The van der Waals surface area contributed by atoms with Gasteiger partial charge in [0.25, 0.3) is 5.69 Å². The van der Waals surface area contributed by atoms with Crippen LogP contribution in [0.25, 0.3) is 0 Å². The van der Waals surface area contributed by atoms with Crippen LogP contribution in [0.1, 0.15) is 25.8 Å². The summed E-state index contributed by atoms with van der Waals surface area (Å²) in [5.74, 6) is 0.633. The van der Waals surface area contributed by atoms with E-state index in [2.05, 4.69) is 19.2 Å². The second-order valence-electron chi connectivity index (χ2n) is 4.97. The molecule has 0 aliphatic carbocycles. The lowest BCUT2D eigenvalue weighted by Gasteiger charge is -2.09. The number of hydrogen-bond acceptors (Lipinski definition) is 4. The Labute approximate surface area is 124 Å². The van der Waals surface area contributed by atoms with E-state index in [1.807, 2.05) is 0 Å². The van der Waals surface area contributed by atoms with Crippen molar-refractivity contribution in [3.63, 3.8) is 0 Å². The second kappa shape index (κ2) is 8.89. The van der Waals surface area contributed by atoms with Gasteiger partial charge >= 0.3 is 0 Å². The van der Waals surface area contributed by atoms with Gasteiger partial charge in [-0.1, -0.05) is 31.5 Å². The number of nitro groups is 1. The van der Waals surface area contributed by atoms with E-state index in [1.54, 1.807) is 12.1 Å². The second-order valence-corrected chi connectivity index (χ2v) is 5.37. The van der Waals surface area contributed by atoms with Crippen molar-refractivity contribution < 1.29 is 9.66 Å². The first-order valence-electron chi connectivity index (χ1n) is 6.72. The molecule has 0 spiro atoms. The molecular formula is C14H21ClN2O3. The Balaban J connectivity index is 2.33. The van der Waals surface area contributed by atoms with E-state index in [1.165, 1.54) is 6.07 Å². The Morgan fingerprint density at radius 1 is 1.40 bits per heavy atom. The molecule has 1 aromatic carbocycles. The summed E-state index contributed by atoms with van der Waals surface area (Å²) >= 11 is 6.00. The summed E-state index contributed by atoms with van der Waals surface area (Å²) in [7, 11) is 0. The fraction of sp³-hybridized carbons (Fsp3) is 0.571. The highest BCUT2D eigenvalue weighted by molar-refractivity contribution is 6.31. The minimum absolute atomic E-state index is 0.0470. The first-order chi connectivity index (χ1) is 9.52. The topological polar surface area (TPSA) is 64.4 Å². The first kappa shape index (κ1) is 16.9. The Morgan fingerprint density at radius 2 is 2.15 bits per heavy atom. The summed E-state index contributed by atoms with van der Waals surface area (Å²) in [4.78, 5) is 10.5. The Bertz CT molecular complexity index is 438. The normalized spacial score (nSPS) is 11.0. The van der Waals surface area contributed by atoms with Gasteiger partial charge in [0.05, 0.1) is 22.1 Å². The summed E-state index contributed by atoms with van der Waals surface area (Å²) in [6.45, 7) is 6.64. The molecule has 0 saturated heterocycles. The van der Waals surface area contributed by atoms with Gasteiger partial charge in [0.2, 0.25) is 0 Å². The molecule has 1 rings (SSSR count). The van der Waals surface area contributed by atoms with Crippen LogP contribution in [0, 0.1) is 16.0 Å². The van der Waals surface area contributed by atoms with Crippen LogP contribution in [0.3, 0.4) is 0 Å². The summed E-state index contributed by atoms with van der Waals surface area (Å²) in [5, 5.41) is 14.4. The summed E-state index contributed by atoms with van der Waals surface area (Å²) in [5.41, 5.74) is 0.562. The monoisotopic (exact) mass is 300 g/mol. The highest BCUT2D eigenvalue weighted by Crippen LogP contribution is 2.25. The predicted molar refractivity (Wildman–Crippen MR) is 80.1 cm³/mol. The number of halogens is 1. The Hall–Kier alpha value is -1.17. The van der Waals surface area contributed by atoms with Gasteiger partial charge in [0.15, 0.2) is 0 Å². The molecule has 0 aromatic heterocycles. The molecule has 0 heterocycles. The SMILES string of the molecule is CC(C)CCOCCNCc1c(Cl)cccc1[N+](=O)[O-]. The molecule has 0 aliphatic heterocycles. The van der Waals surface area contributed by atoms with Crippen LogP contribution in [0.4, 0.5) is 5.69 Å². The van der Waals surface area contributed by atoms with E-state index < -0.39 is 4.92 Å². The Kier molecular flexibility index (Phi) is 7.51. The molecule has 0 amide bonds. The standard InChI is InChI=1S/C14H21ClN2O3/c1-11(2)6-8-20-9-7-16-10-12-13(15)4-3-5-14(12)17(18)19/h3-5,11,16H,6-10H2,1-2H3. The third-order valence-electron chi connectivity index (χ3n) is 2.86. The number of nitro benzene ring substituents is 1. The van der Waals surface area contributed by atoms with E-state index in [9.17, 15) is 10.1 Å². The number of benzene rings is 1. The zero-order chi connectivity index (χ0) is 15.0. The highest BCUT2D eigenvalue weighted by atomic mass is 35.5. The minimum atomic E-state index is -0.415. The molecule has 0 unspecified atom stereocenters. The van der Waals surface area contributed by atoms with Crippen molar-refractivity contribution >= 4 is 17.3 Å². The van der Waals surface area contributed by atoms with Gasteiger partial charge in [-0.05, 0) is 18.4 Å². The van der Waals surface area contributed by atoms with Crippen molar-refractivity contribution in [2.75, 3.05) is 19.8 Å². The predicted octanol–water partition coefficient (Wildman–Crippen LogP) is 3.40. The van der Waals surface area contributed by atoms with Crippen LogP contribution >= 0.6 is 11.6 Å². The maximum absolute atomic E-state index is 10.9. The van der Waals surface area contributed by atoms with Crippen LogP contribution in [0.5, 0.6) is 0 Å². The van der Waals surface area contributed by atoms with Crippen LogP contribution in [0.15, 0.2) is 18.2 Å². The lowest BCUT2D eigenvalue weighted by molar-refractivity contribution is -0.385. The molecule has 0 fully saturated rings. The van der Waals surface area contributed by atoms with E-state index in [-0.39, 0.29) is 5.69 Å². The van der Waals surface area contributed by atoms with Crippen molar-refractivity contribution in [1.82, 2.24) is 5.32 Å². The molecule has 1 N–H and O–H groups in total. The maximum atomic E-state index is 10.9.